The molecule has 0 radical (unpaired) electrons. The van der Waals surface area contributed by atoms with Crippen LogP contribution in [0.1, 0.15) is 67.1 Å². The lowest BCUT2D eigenvalue weighted by Gasteiger charge is -2.32. The molecule has 4 aliphatic rings. The van der Waals surface area contributed by atoms with Gasteiger partial charge in [0.05, 0.1) is 39.6 Å². The quantitative estimate of drug-likeness (QED) is 0.0525. The van der Waals surface area contributed by atoms with Gasteiger partial charge in [-0.1, -0.05) is 36.4 Å². The zero-order chi connectivity index (χ0) is 42.8. The Labute approximate surface area is 365 Å². The molecule has 2 saturated heterocycles. The van der Waals surface area contributed by atoms with E-state index in [-0.39, 0.29) is 0 Å². The van der Waals surface area contributed by atoms with Crippen molar-refractivity contribution in [2.24, 2.45) is 0 Å². The van der Waals surface area contributed by atoms with Crippen molar-refractivity contribution in [2.45, 2.75) is 25.7 Å². The standard InChI is InChI=1S/C53H36N6O5/c60-50-34-17-15-32-44-33(48-43(58-23-7-8-24-58)28-37-46-36(52(62)64-53(37)63)27-42(47(32)49(46)48)57-21-5-6-22-57)16-18-35(45(34)44)51(61)59(50)31-13-11-29(12-14-31)30-25-40(38-9-1-3-19-54-38)56-41(26-30)39-10-2-4-20-55-39/h1-4,9-20,25-28H,5-8,21-24H2. The number of carbonyl (C=O) groups is 4. The first-order valence-corrected chi connectivity index (χ1v) is 21.8. The first-order chi connectivity index (χ1) is 31.4. The second-order valence-corrected chi connectivity index (χ2v) is 17.1. The molecule has 0 atom stereocenters. The maximum absolute atomic E-state index is 14.9. The molecule has 308 valence electrons. The van der Waals surface area contributed by atoms with E-state index in [1.165, 1.54) is 4.90 Å². The molecule has 11 nitrogen and oxygen atoms in total. The van der Waals surface area contributed by atoms with E-state index in [1.54, 1.807) is 12.4 Å². The fraction of sp³-hybridized carbons (Fsp3) is 0.151. The van der Waals surface area contributed by atoms with E-state index in [0.29, 0.717) is 50.1 Å². The van der Waals surface area contributed by atoms with E-state index in [2.05, 4.69) is 19.8 Å². The minimum absolute atomic E-state index is 0.386. The number of fused-ring (bicyclic) bond motifs is 2. The normalized spacial score (nSPS) is 16.1. The fourth-order valence-corrected chi connectivity index (χ4v) is 10.7. The minimum atomic E-state index is -0.644. The molecular formula is C53H36N6O5. The van der Waals surface area contributed by atoms with Gasteiger partial charge in [-0.15, -0.1) is 0 Å². The van der Waals surface area contributed by atoms with E-state index in [1.807, 2.05) is 109 Å². The molecule has 64 heavy (non-hydrogen) atoms. The molecule has 0 spiro atoms. The molecule has 7 heterocycles. The zero-order valence-electron chi connectivity index (χ0n) is 34.4. The molecule has 0 N–H and O–H groups in total. The van der Waals surface area contributed by atoms with Gasteiger partial charge < -0.3 is 14.5 Å². The highest BCUT2D eigenvalue weighted by atomic mass is 16.6. The summed E-state index contributed by atoms with van der Waals surface area (Å²) < 4.78 is 5.39. The van der Waals surface area contributed by atoms with Crippen molar-refractivity contribution in [3.8, 4) is 33.9 Å². The highest BCUT2D eigenvalue weighted by molar-refractivity contribution is 6.45. The van der Waals surface area contributed by atoms with Gasteiger partial charge >= 0.3 is 11.9 Å². The molecule has 0 saturated carbocycles. The number of aromatic nitrogens is 3. The molecule has 6 aromatic carbocycles. The Morgan fingerprint density at radius 2 is 0.938 bits per heavy atom. The van der Waals surface area contributed by atoms with Crippen molar-refractivity contribution in [1.82, 2.24) is 15.0 Å². The van der Waals surface area contributed by atoms with Crippen LogP contribution in [0.2, 0.25) is 0 Å². The average Bonchev–Trinajstić information content (AvgIpc) is 4.09. The Morgan fingerprint density at radius 3 is 1.42 bits per heavy atom. The van der Waals surface area contributed by atoms with Gasteiger partial charge in [-0.3, -0.25) is 19.6 Å². The summed E-state index contributed by atoms with van der Waals surface area (Å²) in [6, 6.07) is 34.3. The van der Waals surface area contributed by atoms with Crippen molar-refractivity contribution in [3.63, 3.8) is 0 Å². The van der Waals surface area contributed by atoms with Gasteiger partial charge in [0.25, 0.3) is 11.8 Å². The maximum Gasteiger partial charge on any atom is 0.346 e. The van der Waals surface area contributed by atoms with Crippen LogP contribution in [0, 0.1) is 0 Å². The number of rotatable bonds is 6. The van der Waals surface area contributed by atoms with Gasteiger partial charge in [0, 0.05) is 88.0 Å². The van der Waals surface area contributed by atoms with Crippen LogP contribution in [0.4, 0.5) is 17.1 Å². The van der Waals surface area contributed by atoms with Gasteiger partial charge in [-0.25, -0.2) is 19.5 Å². The molecule has 2 fully saturated rings. The van der Waals surface area contributed by atoms with Crippen molar-refractivity contribution in [2.75, 3.05) is 40.9 Å². The summed E-state index contributed by atoms with van der Waals surface area (Å²) in [5, 5.41) is 6.49. The number of cyclic esters (lactones) is 2. The van der Waals surface area contributed by atoms with Crippen LogP contribution in [0.3, 0.4) is 0 Å². The molecule has 0 aliphatic carbocycles. The smallest absolute Gasteiger partial charge is 0.346 e. The lowest BCUT2D eigenvalue weighted by molar-refractivity contribution is 0.0390. The number of imide groups is 1. The molecule has 11 heteroatoms. The lowest BCUT2D eigenvalue weighted by Crippen LogP contribution is -2.40. The number of pyridine rings is 3. The largest absolute Gasteiger partial charge is 0.386 e. The molecule has 0 bridgehead atoms. The Morgan fingerprint density at radius 1 is 0.438 bits per heavy atom. The Bertz CT molecular complexity index is 3310. The number of ether oxygens (including phenoxy) is 1. The molecule has 4 aliphatic heterocycles. The summed E-state index contributed by atoms with van der Waals surface area (Å²) in [6.07, 6.45) is 7.52. The highest BCUT2D eigenvalue weighted by Crippen LogP contribution is 2.52. The minimum Gasteiger partial charge on any atom is -0.386 e. The first kappa shape index (κ1) is 36.6. The number of amides is 2. The molecule has 9 aromatic rings. The van der Waals surface area contributed by atoms with Gasteiger partial charge in [0.1, 0.15) is 0 Å². The highest BCUT2D eigenvalue weighted by Gasteiger charge is 2.39. The number of nitrogens with zero attached hydrogens (tertiary/aromatic N) is 6. The summed E-state index contributed by atoms with van der Waals surface area (Å²) in [5.74, 6) is -2.10. The van der Waals surface area contributed by atoms with Crippen LogP contribution < -0.4 is 14.7 Å². The summed E-state index contributed by atoms with van der Waals surface area (Å²) in [7, 11) is 0. The lowest BCUT2D eigenvalue weighted by atomic mass is 9.81. The third-order valence-corrected chi connectivity index (χ3v) is 13.6. The molecular weight excluding hydrogens is 801 g/mol. The number of hydrogen-bond donors (Lipinski definition) is 0. The van der Waals surface area contributed by atoms with Crippen LogP contribution >= 0.6 is 0 Å². The Hall–Kier alpha value is -8.05. The molecule has 13 rings (SSSR count). The van der Waals surface area contributed by atoms with Crippen LogP contribution in [-0.4, -0.2) is 64.9 Å². The number of carbonyl (C=O) groups excluding carboxylic acids is 4. The van der Waals surface area contributed by atoms with E-state index < -0.39 is 23.8 Å². The topological polar surface area (TPSA) is 126 Å². The van der Waals surface area contributed by atoms with Crippen LogP contribution in [0.5, 0.6) is 0 Å². The SMILES string of the molecule is O=C1OC(=O)c2cc(N3CCCC3)c3c4ccc5c6c(ccc(c7c(N8CCCC8)cc1c2c73)c64)C(=O)N(c1ccc(-c2cc(-c3ccccn3)nc(-c3ccccn3)c2)cc1)C5=O. The van der Waals surface area contributed by atoms with Crippen molar-refractivity contribution in [3.05, 3.63) is 144 Å². The molecule has 2 amide bonds. The van der Waals surface area contributed by atoms with E-state index >= 15 is 0 Å². The molecule has 0 unspecified atom stereocenters. The molecule has 3 aromatic heterocycles. The van der Waals surface area contributed by atoms with Gasteiger partial charge in [-0.05, 0) is 126 Å². The van der Waals surface area contributed by atoms with Crippen molar-refractivity contribution < 1.29 is 23.9 Å². The fourth-order valence-electron chi connectivity index (χ4n) is 10.7. The van der Waals surface area contributed by atoms with Gasteiger partial charge in [0.15, 0.2) is 0 Å². The monoisotopic (exact) mass is 836 g/mol. The predicted molar refractivity (Wildman–Crippen MR) is 248 cm³/mol. The summed E-state index contributed by atoms with van der Waals surface area (Å²) in [6.45, 7) is 3.26. The average molecular weight is 837 g/mol. The number of hydrogen-bond acceptors (Lipinski definition) is 10. The van der Waals surface area contributed by atoms with E-state index in [0.717, 1.165) is 118 Å². The zero-order valence-corrected chi connectivity index (χ0v) is 34.4. The van der Waals surface area contributed by atoms with Crippen LogP contribution in [0.25, 0.3) is 77.0 Å². The second-order valence-electron chi connectivity index (χ2n) is 17.1. The summed E-state index contributed by atoms with van der Waals surface area (Å²) in [5.41, 5.74) is 8.48. The number of esters is 2. The predicted octanol–water partition coefficient (Wildman–Crippen LogP) is 10.2. The Balaban J connectivity index is 0.985. The summed E-state index contributed by atoms with van der Waals surface area (Å²) in [4.78, 5) is 76.8. The summed E-state index contributed by atoms with van der Waals surface area (Å²) >= 11 is 0. The van der Waals surface area contributed by atoms with Crippen molar-refractivity contribution in [1.29, 1.82) is 0 Å². The van der Waals surface area contributed by atoms with Crippen molar-refractivity contribution >= 4 is 83.9 Å². The Kier molecular flexibility index (Phi) is 7.85. The van der Waals surface area contributed by atoms with Gasteiger partial charge in [0.2, 0.25) is 0 Å². The first-order valence-electron chi connectivity index (χ1n) is 21.8. The van der Waals surface area contributed by atoms with E-state index in [4.69, 9.17) is 9.72 Å². The van der Waals surface area contributed by atoms with Crippen LogP contribution in [-0.2, 0) is 4.74 Å². The van der Waals surface area contributed by atoms with Crippen LogP contribution in [0.15, 0.2) is 122 Å². The van der Waals surface area contributed by atoms with Gasteiger partial charge in [-0.2, -0.15) is 0 Å². The second kappa shape index (κ2) is 13.7. The number of benzene rings is 6. The third-order valence-electron chi connectivity index (χ3n) is 13.6. The maximum atomic E-state index is 14.9. The third kappa shape index (κ3) is 5.24. The van der Waals surface area contributed by atoms with E-state index in [9.17, 15) is 19.2 Å². The number of anilines is 3.